The Morgan fingerprint density at radius 1 is 0.839 bits per heavy atom. The molecule has 1 aliphatic heterocycles. The molecular formula is C23H19N5O2S. The molecule has 154 valence electrons. The number of fused-ring (bicyclic) bond motifs is 1. The summed E-state index contributed by atoms with van der Waals surface area (Å²) in [7, 11) is -3.79. The molecule has 1 unspecified atom stereocenters. The smallest absolute Gasteiger partial charge is 0.264 e. The van der Waals surface area contributed by atoms with Crippen molar-refractivity contribution < 1.29 is 8.42 Å². The monoisotopic (exact) mass is 429 g/mol. The molecular weight excluding hydrogens is 410 g/mol. The van der Waals surface area contributed by atoms with Crippen LogP contribution in [0, 0.1) is 0 Å². The van der Waals surface area contributed by atoms with Gasteiger partial charge in [-0.1, -0.05) is 78.9 Å². The van der Waals surface area contributed by atoms with E-state index in [0.29, 0.717) is 5.95 Å². The number of sulfonamides is 1. The summed E-state index contributed by atoms with van der Waals surface area (Å²) in [6.45, 7) is 0. The molecule has 2 N–H and O–H groups in total. The van der Waals surface area contributed by atoms with E-state index >= 15 is 0 Å². The van der Waals surface area contributed by atoms with E-state index in [-0.39, 0.29) is 16.9 Å². The van der Waals surface area contributed by atoms with Crippen LogP contribution >= 0.6 is 0 Å². The van der Waals surface area contributed by atoms with E-state index in [1.165, 1.54) is 12.1 Å². The van der Waals surface area contributed by atoms with Gasteiger partial charge in [-0.05, 0) is 29.3 Å². The minimum Gasteiger partial charge on any atom is -0.324 e. The summed E-state index contributed by atoms with van der Waals surface area (Å²) >= 11 is 0. The summed E-state index contributed by atoms with van der Waals surface area (Å²) in [5.74, 6) is 0.468. The SMILES string of the molecule is O=S(=O)(Nc1nc2n(n1)C(c1ccccc1)C=C(c1ccccc1)N2)c1ccccc1. The summed E-state index contributed by atoms with van der Waals surface area (Å²) < 4.78 is 29.6. The zero-order valence-corrected chi connectivity index (χ0v) is 17.2. The number of nitrogens with one attached hydrogen (secondary N) is 2. The van der Waals surface area contributed by atoms with Crippen LogP contribution in [0.3, 0.4) is 0 Å². The predicted octanol–water partition coefficient (Wildman–Crippen LogP) is 4.13. The van der Waals surface area contributed by atoms with Gasteiger partial charge in [0.1, 0.15) is 6.04 Å². The van der Waals surface area contributed by atoms with Crippen LogP contribution in [-0.4, -0.2) is 23.2 Å². The minimum absolute atomic E-state index is 0.00926. The molecule has 0 radical (unpaired) electrons. The number of benzene rings is 3. The molecule has 0 saturated carbocycles. The third-order valence-corrected chi connectivity index (χ3v) is 6.31. The fraction of sp³-hybridized carbons (Fsp3) is 0.0435. The number of hydrogen-bond acceptors (Lipinski definition) is 5. The summed E-state index contributed by atoms with van der Waals surface area (Å²) in [6.07, 6.45) is 2.06. The molecule has 0 bridgehead atoms. The van der Waals surface area contributed by atoms with E-state index in [1.54, 1.807) is 22.9 Å². The Morgan fingerprint density at radius 2 is 1.45 bits per heavy atom. The van der Waals surface area contributed by atoms with Crippen molar-refractivity contribution >= 4 is 27.6 Å². The zero-order valence-electron chi connectivity index (χ0n) is 16.4. The molecule has 0 fully saturated rings. The van der Waals surface area contributed by atoms with Gasteiger partial charge in [0, 0.05) is 5.70 Å². The summed E-state index contributed by atoms with van der Waals surface area (Å²) in [5, 5.41) is 7.73. The van der Waals surface area contributed by atoms with Gasteiger partial charge in [-0.25, -0.2) is 17.8 Å². The molecule has 7 nitrogen and oxygen atoms in total. The number of nitrogens with zero attached hydrogens (tertiary/aromatic N) is 3. The molecule has 1 atom stereocenters. The Kier molecular flexibility index (Phi) is 4.76. The molecule has 3 aromatic carbocycles. The standard InChI is InChI=1S/C23H19N5O2S/c29-31(30,19-14-8-3-9-15-19)27-22-25-23-24-20(17-10-4-1-5-11-17)16-21(28(23)26-22)18-12-6-2-7-13-18/h1-16,21H,(H2,24,25,26,27). The van der Waals surface area contributed by atoms with Crippen LogP contribution in [-0.2, 0) is 10.0 Å². The van der Waals surface area contributed by atoms with Crippen molar-refractivity contribution in [3.63, 3.8) is 0 Å². The highest BCUT2D eigenvalue weighted by atomic mass is 32.2. The first-order valence-corrected chi connectivity index (χ1v) is 11.2. The van der Waals surface area contributed by atoms with Crippen LogP contribution < -0.4 is 10.0 Å². The lowest BCUT2D eigenvalue weighted by Gasteiger charge is -2.24. The van der Waals surface area contributed by atoms with Gasteiger partial charge in [-0.15, -0.1) is 5.10 Å². The largest absolute Gasteiger partial charge is 0.324 e. The molecule has 31 heavy (non-hydrogen) atoms. The maximum Gasteiger partial charge on any atom is 0.264 e. The van der Waals surface area contributed by atoms with Crippen molar-refractivity contribution in [3.8, 4) is 0 Å². The average molecular weight is 430 g/mol. The van der Waals surface area contributed by atoms with Gasteiger partial charge >= 0.3 is 0 Å². The summed E-state index contributed by atoms with van der Waals surface area (Å²) in [4.78, 5) is 4.57. The molecule has 0 amide bonds. The first-order valence-electron chi connectivity index (χ1n) is 9.74. The van der Waals surface area contributed by atoms with Crippen LogP contribution in [0.2, 0.25) is 0 Å². The van der Waals surface area contributed by atoms with Gasteiger partial charge in [-0.2, -0.15) is 4.98 Å². The third kappa shape index (κ3) is 3.80. The fourth-order valence-electron chi connectivity index (χ4n) is 3.49. The van der Waals surface area contributed by atoms with E-state index in [4.69, 9.17) is 0 Å². The second-order valence-corrected chi connectivity index (χ2v) is 8.73. The van der Waals surface area contributed by atoms with Gasteiger partial charge in [0.15, 0.2) is 0 Å². The molecule has 0 saturated heterocycles. The van der Waals surface area contributed by atoms with Crippen molar-refractivity contribution in [1.82, 2.24) is 14.8 Å². The highest BCUT2D eigenvalue weighted by Crippen LogP contribution is 2.33. The van der Waals surface area contributed by atoms with Crippen LogP contribution in [0.1, 0.15) is 17.2 Å². The van der Waals surface area contributed by atoms with Crippen LogP contribution in [0.25, 0.3) is 5.70 Å². The number of anilines is 2. The lowest BCUT2D eigenvalue weighted by Crippen LogP contribution is -2.20. The highest BCUT2D eigenvalue weighted by molar-refractivity contribution is 7.92. The van der Waals surface area contributed by atoms with Crippen molar-refractivity contribution in [2.45, 2.75) is 10.9 Å². The number of hydrogen-bond donors (Lipinski definition) is 2. The predicted molar refractivity (Wildman–Crippen MR) is 120 cm³/mol. The Morgan fingerprint density at radius 3 is 2.13 bits per heavy atom. The summed E-state index contributed by atoms with van der Waals surface area (Å²) in [6, 6.07) is 27.7. The van der Waals surface area contributed by atoms with E-state index in [9.17, 15) is 8.42 Å². The molecule has 1 aliphatic rings. The lowest BCUT2D eigenvalue weighted by atomic mass is 10.0. The van der Waals surface area contributed by atoms with Gasteiger partial charge in [0.2, 0.25) is 5.95 Å². The second-order valence-electron chi connectivity index (χ2n) is 7.05. The Hall–Kier alpha value is -3.91. The molecule has 8 heteroatoms. The van der Waals surface area contributed by atoms with Gasteiger partial charge in [0.05, 0.1) is 4.90 Å². The van der Waals surface area contributed by atoms with Crippen LogP contribution in [0.5, 0.6) is 0 Å². The van der Waals surface area contributed by atoms with Gasteiger partial charge in [0.25, 0.3) is 16.0 Å². The van der Waals surface area contributed by atoms with E-state index in [1.807, 2.05) is 60.7 Å². The first-order chi connectivity index (χ1) is 15.1. The van der Waals surface area contributed by atoms with Crippen molar-refractivity contribution in [2.24, 2.45) is 0 Å². The Balaban J connectivity index is 1.54. The van der Waals surface area contributed by atoms with E-state index in [2.05, 4.69) is 26.2 Å². The van der Waals surface area contributed by atoms with E-state index < -0.39 is 10.0 Å². The molecule has 0 spiro atoms. The minimum atomic E-state index is -3.79. The molecule has 4 aromatic rings. The average Bonchev–Trinajstić information content (AvgIpc) is 3.21. The molecule has 0 aliphatic carbocycles. The fourth-order valence-corrected chi connectivity index (χ4v) is 4.45. The maximum absolute atomic E-state index is 12.7. The topological polar surface area (TPSA) is 88.9 Å². The number of aromatic nitrogens is 3. The van der Waals surface area contributed by atoms with Crippen molar-refractivity contribution in [2.75, 3.05) is 10.0 Å². The molecule has 5 rings (SSSR count). The quantitative estimate of drug-likeness (QED) is 0.498. The number of allylic oxidation sites excluding steroid dienone is 1. The molecule has 1 aromatic heterocycles. The summed E-state index contributed by atoms with van der Waals surface area (Å²) in [5.41, 5.74) is 2.90. The van der Waals surface area contributed by atoms with E-state index in [0.717, 1.165) is 16.8 Å². The lowest BCUT2D eigenvalue weighted by molar-refractivity contribution is 0.598. The Labute approximate surface area is 180 Å². The van der Waals surface area contributed by atoms with Crippen LogP contribution in [0.4, 0.5) is 11.9 Å². The van der Waals surface area contributed by atoms with Gasteiger partial charge < -0.3 is 5.32 Å². The maximum atomic E-state index is 12.7. The van der Waals surface area contributed by atoms with Crippen molar-refractivity contribution in [1.29, 1.82) is 0 Å². The second kappa shape index (κ2) is 7.73. The number of rotatable bonds is 5. The third-order valence-electron chi connectivity index (χ3n) is 4.97. The first kappa shape index (κ1) is 19.1. The van der Waals surface area contributed by atoms with Crippen LogP contribution in [0.15, 0.2) is 102 Å². The normalized spacial score (nSPS) is 15.5. The Bertz CT molecular complexity index is 1330. The van der Waals surface area contributed by atoms with Crippen molar-refractivity contribution in [3.05, 3.63) is 108 Å². The van der Waals surface area contributed by atoms with Gasteiger partial charge in [-0.3, -0.25) is 0 Å². The highest BCUT2D eigenvalue weighted by Gasteiger charge is 2.26. The zero-order chi connectivity index (χ0) is 21.3. The molecule has 2 heterocycles.